The molecule has 1 heterocycles. The van der Waals surface area contributed by atoms with Crippen LogP contribution in [0.3, 0.4) is 0 Å². The normalized spacial score (nSPS) is 17.9. The monoisotopic (exact) mass is 346 g/mol. The smallest absolute Gasteiger partial charge is 0.293 e. The quantitative estimate of drug-likeness (QED) is 0.429. The molecule has 25 heavy (non-hydrogen) atoms. The van der Waals surface area contributed by atoms with Crippen LogP contribution in [-0.4, -0.2) is 48.0 Å². The van der Waals surface area contributed by atoms with Gasteiger partial charge in [-0.25, -0.2) is 0 Å². The molecule has 0 radical (unpaired) electrons. The second-order valence-electron chi connectivity index (χ2n) is 6.92. The van der Waals surface area contributed by atoms with E-state index in [1.54, 1.807) is 12.1 Å². The molecule has 3 rings (SSSR count). The van der Waals surface area contributed by atoms with Crippen LogP contribution in [-0.2, 0) is 0 Å². The maximum Gasteiger partial charge on any atom is 0.293 e. The number of nitrogens with one attached hydrogen (secondary N) is 2. The van der Waals surface area contributed by atoms with Crippen molar-refractivity contribution >= 4 is 17.3 Å². The number of amides is 1. The van der Waals surface area contributed by atoms with E-state index in [2.05, 4.69) is 15.5 Å². The highest BCUT2D eigenvalue weighted by molar-refractivity contribution is 5.95. The minimum atomic E-state index is -0.433. The van der Waals surface area contributed by atoms with Gasteiger partial charge in [-0.2, -0.15) is 0 Å². The van der Waals surface area contributed by atoms with Crippen LogP contribution in [0, 0.1) is 10.1 Å². The Labute approximate surface area is 147 Å². The third kappa shape index (κ3) is 5.16. The number of nitro groups is 1. The lowest BCUT2D eigenvalue weighted by atomic mass is 10.1. The number of nitrogens with zero attached hydrogens (tertiary/aromatic N) is 2. The third-order valence-corrected chi connectivity index (χ3v) is 4.78. The molecular weight excluding hydrogens is 320 g/mol. The lowest BCUT2D eigenvalue weighted by molar-refractivity contribution is -0.384. The van der Waals surface area contributed by atoms with Crippen molar-refractivity contribution in [2.24, 2.45) is 0 Å². The van der Waals surface area contributed by atoms with Crippen molar-refractivity contribution in [2.75, 3.05) is 31.5 Å². The van der Waals surface area contributed by atoms with Crippen LogP contribution in [0.25, 0.3) is 0 Å². The Morgan fingerprint density at radius 2 is 2.00 bits per heavy atom. The molecule has 2 aliphatic rings. The average molecular weight is 346 g/mol. The fraction of sp³-hybridized carbons (Fsp3) is 0.611. The van der Waals surface area contributed by atoms with Crippen molar-refractivity contribution in [3.63, 3.8) is 0 Å². The molecule has 1 aromatic carbocycles. The van der Waals surface area contributed by atoms with Gasteiger partial charge in [0, 0.05) is 24.2 Å². The van der Waals surface area contributed by atoms with E-state index in [0.29, 0.717) is 23.8 Å². The largest absolute Gasteiger partial charge is 0.377 e. The molecule has 136 valence electrons. The van der Waals surface area contributed by atoms with Crippen molar-refractivity contribution < 1.29 is 9.72 Å². The summed E-state index contributed by atoms with van der Waals surface area (Å²) in [6, 6.07) is 4.98. The first-order valence-corrected chi connectivity index (χ1v) is 9.19. The molecule has 1 aliphatic heterocycles. The molecule has 0 atom stereocenters. The predicted molar refractivity (Wildman–Crippen MR) is 97.0 cm³/mol. The lowest BCUT2D eigenvalue weighted by Crippen LogP contribution is -2.33. The summed E-state index contributed by atoms with van der Waals surface area (Å²) in [5.41, 5.74) is 0.799. The van der Waals surface area contributed by atoms with Gasteiger partial charge in [0.25, 0.3) is 11.6 Å². The summed E-state index contributed by atoms with van der Waals surface area (Å²) >= 11 is 0. The number of piperidine rings is 1. The summed E-state index contributed by atoms with van der Waals surface area (Å²) in [4.78, 5) is 25.5. The lowest BCUT2D eigenvalue weighted by Gasteiger charge is -2.26. The van der Waals surface area contributed by atoms with E-state index in [-0.39, 0.29) is 11.6 Å². The highest BCUT2D eigenvalue weighted by atomic mass is 16.6. The Balaban J connectivity index is 1.50. The van der Waals surface area contributed by atoms with Crippen LogP contribution in [0.5, 0.6) is 0 Å². The first-order valence-electron chi connectivity index (χ1n) is 9.19. The number of carbonyl (C=O) groups excluding carboxylic acids is 1. The molecule has 1 saturated heterocycles. The number of hydrogen-bond acceptors (Lipinski definition) is 5. The van der Waals surface area contributed by atoms with Crippen molar-refractivity contribution in [2.45, 2.75) is 44.6 Å². The van der Waals surface area contributed by atoms with Gasteiger partial charge in [0.1, 0.15) is 5.69 Å². The Morgan fingerprint density at radius 3 is 2.68 bits per heavy atom. The third-order valence-electron chi connectivity index (χ3n) is 4.78. The van der Waals surface area contributed by atoms with Gasteiger partial charge in [0.05, 0.1) is 4.92 Å². The number of anilines is 1. The summed E-state index contributed by atoms with van der Waals surface area (Å²) in [6.07, 6.45) is 6.81. The van der Waals surface area contributed by atoms with Gasteiger partial charge in [-0.15, -0.1) is 0 Å². The second kappa shape index (κ2) is 8.29. The van der Waals surface area contributed by atoms with E-state index in [4.69, 9.17) is 0 Å². The van der Waals surface area contributed by atoms with Crippen LogP contribution < -0.4 is 10.6 Å². The molecule has 0 bridgehead atoms. The van der Waals surface area contributed by atoms with Crippen LogP contribution in [0.1, 0.15) is 48.9 Å². The van der Waals surface area contributed by atoms with Crippen LogP contribution in [0.4, 0.5) is 11.4 Å². The van der Waals surface area contributed by atoms with Gasteiger partial charge in [-0.1, -0.05) is 6.42 Å². The topological polar surface area (TPSA) is 87.5 Å². The van der Waals surface area contributed by atoms with Gasteiger partial charge in [-0.3, -0.25) is 14.9 Å². The highest BCUT2D eigenvalue weighted by Crippen LogP contribution is 2.31. The number of carbonyl (C=O) groups is 1. The molecule has 0 spiro atoms. The Kier molecular flexibility index (Phi) is 5.86. The van der Waals surface area contributed by atoms with Crippen molar-refractivity contribution in [1.29, 1.82) is 0 Å². The molecule has 0 unspecified atom stereocenters. The Bertz CT molecular complexity index is 625. The summed E-state index contributed by atoms with van der Waals surface area (Å²) in [7, 11) is 0. The van der Waals surface area contributed by atoms with E-state index >= 15 is 0 Å². The summed E-state index contributed by atoms with van der Waals surface area (Å²) in [5, 5.41) is 17.3. The molecule has 2 N–H and O–H groups in total. The molecule has 7 heteroatoms. The van der Waals surface area contributed by atoms with E-state index in [1.165, 1.54) is 25.3 Å². The van der Waals surface area contributed by atoms with E-state index < -0.39 is 4.92 Å². The zero-order chi connectivity index (χ0) is 17.6. The van der Waals surface area contributed by atoms with Crippen molar-refractivity contribution in [1.82, 2.24) is 10.2 Å². The standard InChI is InChI=1S/C18H26N4O3/c23-18(19-9-4-12-21-10-2-1-3-11-21)14-5-8-16(20-15-6-7-15)17(13-14)22(24)25/h5,8,13,15,20H,1-4,6-7,9-12H2,(H,19,23). The number of likely N-dealkylation sites (tertiary alicyclic amines) is 1. The first-order chi connectivity index (χ1) is 12.1. The maximum absolute atomic E-state index is 12.2. The fourth-order valence-corrected chi connectivity index (χ4v) is 3.18. The van der Waals surface area contributed by atoms with Gasteiger partial charge < -0.3 is 15.5 Å². The first kappa shape index (κ1) is 17.7. The number of benzene rings is 1. The van der Waals surface area contributed by atoms with Gasteiger partial charge >= 0.3 is 0 Å². The summed E-state index contributed by atoms with van der Waals surface area (Å²) in [5.74, 6) is -0.250. The van der Waals surface area contributed by atoms with Crippen LogP contribution in [0.15, 0.2) is 18.2 Å². The van der Waals surface area contributed by atoms with Crippen LogP contribution in [0.2, 0.25) is 0 Å². The minimum Gasteiger partial charge on any atom is -0.377 e. The second-order valence-corrected chi connectivity index (χ2v) is 6.92. The summed E-state index contributed by atoms with van der Waals surface area (Å²) < 4.78 is 0. The molecule has 1 saturated carbocycles. The molecular formula is C18H26N4O3. The van der Waals surface area contributed by atoms with Gasteiger partial charge in [0.15, 0.2) is 0 Å². The maximum atomic E-state index is 12.2. The molecule has 7 nitrogen and oxygen atoms in total. The molecule has 2 fully saturated rings. The minimum absolute atomic E-state index is 0.0344. The number of nitro benzene ring substituents is 1. The highest BCUT2D eigenvalue weighted by Gasteiger charge is 2.25. The van der Waals surface area contributed by atoms with E-state index in [1.807, 2.05) is 0 Å². The molecule has 1 aliphatic carbocycles. The molecule has 0 aromatic heterocycles. The Morgan fingerprint density at radius 1 is 1.24 bits per heavy atom. The van der Waals surface area contributed by atoms with Crippen LogP contribution >= 0.6 is 0 Å². The SMILES string of the molecule is O=C(NCCCN1CCCCC1)c1ccc(NC2CC2)c([N+](=O)[O-])c1. The van der Waals surface area contributed by atoms with Crippen molar-refractivity contribution in [3.8, 4) is 0 Å². The fourth-order valence-electron chi connectivity index (χ4n) is 3.18. The van der Waals surface area contributed by atoms with Gasteiger partial charge in [-0.05, 0) is 63.9 Å². The van der Waals surface area contributed by atoms with Crippen molar-refractivity contribution in [3.05, 3.63) is 33.9 Å². The van der Waals surface area contributed by atoms with E-state index in [9.17, 15) is 14.9 Å². The summed E-state index contributed by atoms with van der Waals surface area (Å²) in [6.45, 7) is 3.88. The zero-order valence-corrected chi connectivity index (χ0v) is 14.5. The average Bonchev–Trinajstić information content (AvgIpc) is 3.43. The zero-order valence-electron chi connectivity index (χ0n) is 14.5. The van der Waals surface area contributed by atoms with Gasteiger partial charge in [0.2, 0.25) is 0 Å². The van der Waals surface area contributed by atoms with E-state index in [0.717, 1.165) is 38.9 Å². The molecule has 1 amide bonds. The molecule has 1 aromatic rings. The predicted octanol–water partition coefficient (Wildman–Crippen LogP) is 2.77. The number of rotatable bonds is 8. The Hall–Kier alpha value is -2.15. The number of hydrogen-bond donors (Lipinski definition) is 2.